The number of thiazole rings is 1. The Morgan fingerprint density at radius 3 is 2.64 bits per heavy atom. The van der Waals surface area contributed by atoms with E-state index in [2.05, 4.69) is 26.2 Å². The monoisotopic (exact) mass is 439 g/mol. The molecule has 3 rings (SSSR count). The van der Waals surface area contributed by atoms with Crippen LogP contribution in [-0.2, 0) is 9.59 Å². The highest BCUT2D eigenvalue weighted by Crippen LogP contribution is 2.26. The molecule has 25 heavy (non-hydrogen) atoms. The summed E-state index contributed by atoms with van der Waals surface area (Å²) in [6.07, 6.45) is 2.17. The summed E-state index contributed by atoms with van der Waals surface area (Å²) < 4.78 is 1.01. The number of aromatic nitrogens is 1. The van der Waals surface area contributed by atoms with Gasteiger partial charge in [-0.05, 0) is 25.0 Å². The number of carbonyl (C=O) groups is 2. The highest BCUT2D eigenvalue weighted by molar-refractivity contribution is 9.10. The Kier molecular flexibility index (Phi) is 6.50. The lowest BCUT2D eigenvalue weighted by atomic mass is 10.2. The smallest absolute Gasteiger partial charge is 0.236 e. The first kappa shape index (κ1) is 18.4. The number of benzene rings is 1. The summed E-state index contributed by atoms with van der Waals surface area (Å²) in [6.45, 7) is 1.70. The average Bonchev–Trinajstić information content (AvgIpc) is 3.27. The average molecular weight is 440 g/mol. The maximum atomic E-state index is 12.0. The van der Waals surface area contributed by atoms with Crippen molar-refractivity contribution in [3.8, 4) is 11.3 Å². The van der Waals surface area contributed by atoms with E-state index >= 15 is 0 Å². The topological polar surface area (TPSA) is 62.3 Å². The summed E-state index contributed by atoms with van der Waals surface area (Å²) in [5.41, 5.74) is 1.84. The van der Waals surface area contributed by atoms with E-state index in [4.69, 9.17) is 0 Å². The van der Waals surface area contributed by atoms with Gasteiger partial charge in [0.2, 0.25) is 11.8 Å². The van der Waals surface area contributed by atoms with Crippen molar-refractivity contribution in [3.05, 3.63) is 34.1 Å². The van der Waals surface area contributed by atoms with Crippen LogP contribution in [0.2, 0.25) is 0 Å². The van der Waals surface area contributed by atoms with Gasteiger partial charge in [0.15, 0.2) is 5.13 Å². The Balaban J connectivity index is 1.45. The summed E-state index contributed by atoms with van der Waals surface area (Å²) in [5.74, 6) is 0.611. The number of hydrogen-bond donors (Lipinski definition) is 1. The summed E-state index contributed by atoms with van der Waals surface area (Å²) in [7, 11) is 0. The molecule has 0 radical (unpaired) electrons. The van der Waals surface area contributed by atoms with Gasteiger partial charge in [0, 0.05) is 28.5 Å². The van der Waals surface area contributed by atoms with Crippen molar-refractivity contribution in [2.75, 3.05) is 29.9 Å². The third kappa shape index (κ3) is 5.29. The minimum atomic E-state index is -0.129. The second kappa shape index (κ2) is 8.82. The van der Waals surface area contributed by atoms with Crippen LogP contribution in [0, 0.1) is 0 Å². The largest absolute Gasteiger partial charge is 0.342 e. The highest BCUT2D eigenvalue weighted by atomic mass is 79.9. The lowest BCUT2D eigenvalue weighted by Gasteiger charge is -2.14. The zero-order valence-corrected chi connectivity index (χ0v) is 16.8. The van der Waals surface area contributed by atoms with Crippen LogP contribution in [-0.4, -0.2) is 46.3 Å². The Hall–Kier alpha value is -1.38. The second-order valence-corrected chi connectivity index (χ2v) is 8.43. The number of rotatable bonds is 6. The molecule has 0 unspecified atom stereocenters. The maximum absolute atomic E-state index is 12.0. The zero-order valence-electron chi connectivity index (χ0n) is 13.5. The summed E-state index contributed by atoms with van der Waals surface area (Å²) in [4.78, 5) is 30.3. The van der Waals surface area contributed by atoms with Crippen LogP contribution in [0.15, 0.2) is 34.1 Å². The van der Waals surface area contributed by atoms with E-state index in [-0.39, 0.29) is 17.6 Å². The SMILES string of the molecule is O=C(CSCC(=O)N1CCCC1)Nc1nc(-c2ccc(Br)cc2)cs1. The Morgan fingerprint density at radius 2 is 1.92 bits per heavy atom. The van der Waals surface area contributed by atoms with E-state index in [9.17, 15) is 9.59 Å². The van der Waals surface area contributed by atoms with Crippen LogP contribution in [0.4, 0.5) is 5.13 Å². The predicted molar refractivity (Wildman–Crippen MR) is 107 cm³/mol. The molecule has 132 valence electrons. The van der Waals surface area contributed by atoms with Gasteiger partial charge in [0.05, 0.1) is 17.2 Å². The molecule has 1 aromatic heterocycles. The molecule has 5 nitrogen and oxygen atoms in total. The molecule has 0 spiro atoms. The zero-order chi connectivity index (χ0) is 17.6. The molecule has 2 aromatic rings. The first-order valence-corrected chi connectivity index (χ1v) is 10.8. The summed E-state index contributed by atoms with van der Waals surface area (Å²) >= 11 is 6.15. The third-order valence-corrected chi connectivity index (χ3v) is 6.01. The van der Waals surface area contributed by atoms with Gasteiger partial charge >= 0.3 is 0 Å². The third-order valence-electron chi connectivity index (χ3n) is 3.81. The van der Waals surface area contributed by atoms with Crippen LogP contribution in [0.1, 0.15) is 12.8 Å². The van der Waals surface area contributed by atoms with Gasteiger partial charge in [-0.15, -0.1) is 23.1 Å². The van der Waals surface area contributed by atoms with Gasteiger partial charge in [-0.3, -0.25) is 9.59 Å². The molecule has 2 heterocycles. The first-order valence-electron chi connectivity index (χ1n) is 7.98. The van der Waals surface area contributed by atoms with Gasteiger partial charge < -0.3 is 10.2 Å². The van der Waals surface area contributed by atoms with Gasteiger partial charge in [-0.1, -0.05) is 28.1 Å². The molecule has 1 saturated heterocycles. The molecular formula is C17H18BrN3O2S2. The van der Waals surface area contributed by atoms with Crippen LogP contribution in [0.5, 0.6) is 0 Å². The molecule has 0 aliphatic carbocycles. The van der Waals surface area contributed by atoms with Crippen molar-refractivity contribution in [2.45, 2.75) is 12.8 Å². The summed E-state index contributed by atoms with van der Waals surface area (Å²) in [6, 6.07) is 7.87. The van der Waals surface area contributed by atoms with Crippen molar-refractivity contribution in [1.82, 2.24) is 9.88 Å². The van der Waals surface area contributed by atoms with E-state index < -0.39 is 0 Å². The van der Waals surface area contributed by atoms with Crippen LogP contribution >= 0.6 is 39.0 Å². The molecule has 8 heteroatoms. The number of carbonyl (C=O) groups excluding carboxylic acids is 2. The molecule has 1 fully saturated rings. The standard InChI is InChI=1S/C17H18BrN3O2S2/c18-13-5-3-12(4-6-13)14-9-25-17(19-14)20-15(22)10-24-11-16(23)21-7-1-2-8-21/h3-6,9H,1-2,7-8,10-11H2,(H,19,20,22). The second-order valence-electron chi connectivity index (χ2n) is 5.67. The first-order chi connectivity index (χ1) is 12.1. The predicted octanol–water partition coefficient (Wildman–Crippen LogP) is 3.87. The van der Waals surface area contributed by atoms with Crippen LogP contribution in [0.25, 0.3) is 11.3 Å². The Bertz CT molecular complexity index is 743. The fourth-order valence-electron chi connectivity index (χ4n) is 2.53. The van der Waals surface area contributed by atoms with E-state index in [1.54, 1.807) is 0 Å². The summed E-state index contributed by atoms with van der Waals surface area (Å²) in [5, 5.41) is 5.30. The molecule has 1 aliphatic rings. The van der Waals surface area contributed by atoms with Crippen LogP contribution in [0.3, 0.4) is 0 Å². The van der Waals surface area contributed by atoms with Crippen molar-refractivity contribution in [2.24, 2.45) is 0 Å². The van der Waals surface area contributed by atoms with E-state index in [0.717, 1.165) is 41.7 Å². The molecule has 1 aromatic carbocycles. The van der Waals surface area contributed by atoms with E-state index in [1.807, 2.05) is 34.5 Å². The lowest BCUT2D eigenvalue weighted by molar-refractivity contribution is -0.127. The minimum absolute atomic E-state index is 0.127. The van der Waals surface area contributed by atoms with Gasteiger partial charge in [-0.2, -0.15) is 0 Å². The molecule has 1 aliphatic heterocycles. The van der Waals surface area contributed by atoms with E-state index in [1.165, 1.54) is 23.1 Å². The van der Waals surface area contributed by atoms with Crippen molar-refractivity contribution >= 4 is 56.0 Å². The number of thioether (sulfide) groups is 1. The normalized spacial score (nSPS) is 13.9. The van der Waals surface area contributed by atoms with Crippen LogP contribution < -0.4 is 5.32 Å². The molecule has 0 saturated carbocycles. The molecule has 2 amide bonds. The number of nitrogens with one attached hydrogen (secondary N) is 1. The minimum Gasteiger partial charge on any atom is -0.342 e. The quantitative estimate of drug-likeness (QED) is 0.741. The highest BCUT2D eigenvalue weighted by Gasteiger charge is 2.18. The number of amides is 2. The fraction of sp³-hybridized carbons (Fsp3) is 0.353. The number of anilines is 1. The van der Waals surface area contributed by atoms with Gasteiger partial charge in [0.1, 0.15) is 0 Å². The molecule has 0 atom stereocenters. The maximum Gasteiger partial charge on any atom is 0.236 e. The number of nitrogens with zero attached hydrogens (tertiary/aromatic N) is 2. The Morgan fingerprint density at radius 1 is 1.20 bits per heavy atom. The van der Waals surface area contributed by atoms with Crippen molar-refractivity contribution < 1.29 is 9.59 Å². The number of halogens is 1. The number of hydrogen-bond acceptors (Lipinski definition) is 5. The molecule has 1 N–H and O–H groups in total. The Labute approximate surface area is 163 Å². The van der Waals surface area contributed by atoms with E-state index in [0.29, 0.717) is 10.9 Å². The van der Waals surface area contributed by atoms with Crippen molar-refractivity contribution in [1.29, 1.82) is 0 Å². The molecule has 0 bridgehead atoms. The molecular weight excluding hydrogens is 422 g/mol. The number of likely N-dealkylation sites (tertiary alicyclic amines) is 1. The lowest BCUT2D eigenvalue weighted by Crippen LogP contribution is -2.29. The van der Waals surface area contributed by atoms with Gasteiger partial charge in [0.25, 0.3) is 0 Å². The van der Waals surface area contributed by atoms with Crippen molar-refractivity contribution in [3.63, 3.8) is 0 Å². The van der Waals surface area contributed by atoms with Gasteiger partial charge in [-0.25, -0.2) is 4.98 Å². The fourth-order valence-corrected chi connectivity index (χ4v) is 4.25.